The summed E-state index contributed by atoms with van der Waals surface area (Å²) in [6, 6.07) is 5.59. The average molecular weight is 317 g/mol. The zero-order valence-electron chi connectivity index (χ0n) is 13.2. The van der Waals surface area contributed by atoms with Crippen LogP contribution < -0.4 is 10.6 Å². The molecule has 0 radical (unpaired) electrons. The van der Waals surface area contributed by atoms with Crippen LogP contribution in [-0.4, -0.2) is 78.5 Å². The normalized spacial score (nSPS) is 22.1. The van der Waals surface area contributed by atoms with E-state index in [9.17, 15) is 9.59 Å². The van der Waals surface area contributed by atoms with Gasteiger partial charge in [0.1, 0.15) is 5.69 Å². The van der Waals surface area contributed by atoms with Gasteiger partial charge >= 0.3 is 0 Å². The van der Waals surface area contributed by atoms with E-state index in [0.717, 1.165) is 45.7 Å². The highest BCUT2D eigenvalue weighted by Gasteiger charge is 2.30. The van der Waals surface area contributed by atoms with E-state index in [1.165, 1.54) is 0 Å². The zero-order valence-corrected chi connectivity index (χ0v) is 13.2. The van der Waals surface area contributed by atoms with Crippen LogP contribution in [0.5, 0.6) is 0 Å². The summed E-state index contributed by atoms with van der Waals surface area (Å²) in [6.07, 6.45) is 2.58. The number of aromatic nitrogens is 1. The van der Waals surface area contributed by atoms with Gasteiger partial charge in [-0.3, -0.25) is 19.5 Å². The van der Waals surface area contributed by atoms with Crippen LogP contribution in [0.3, 0.4) is 0 Å². The van der Waals surface area contributed by atoms with E-state index in [1.54, 1.807) is 24.4 Å². The fourth-order valence-electron chi connectivity index (χ4n) is 3.17. The topological polar surface area (TPSA) is 77.6 Å². The van der Waals surface area contributed by atoms with E-state index in [-0.39, 0.29) is 18.4 Å². The van der Waals surface area contributed by atoms with Crippen molar-refractivity contribution in [1.82, 2.24) is 25.4 Å². The van der Waals surface area contributed by atoms with Crippen LogP contribution in [0.15, 0.2) is 24.4 Å². The molecule has 1 aromatic heterocycles. The molecule has 0 aliphatic carbocycles. The maximum atomic E-state index is 12.3. The molecule has 2 N–H and O–H groups in total. The van der Waals surface area contributed by atoms with Gasteiger partial charge in [-0.25, -0.2) is 0 Å². The van der Waals surface area contributed by atoms with Crippen LogP contribution >= 0.6 is 0 Å². The Hall–Kier alpha value is -1.99. The molecule has 2 saturated heterocycles. The molecule has 2 aliphatic rings. The largest absolute Gasteiger partial charge is 0.342 e. The van der Waals surface area contributed by atoms with Gasteiger partial charge in [0.15, 0.2) is 0 Å². The van der Waals surface area contributed by atoms with Crippen LogP contribution in [-0.2, 0) is 4.79 Å². The summed E-state index contributed by atoms with van der Waals surface area (Å²) in [6.45, 7) is 5.69. The smallest absolute Gasteiger partial charge is 0.270 e. The van der Waals surface area contributed by atoms with Gasteiger partial charge in [-0.05, 0) is 18.6 Å². The van der Waals surface area contributed by atoms with Crippen molar-refractivity contribution in [2.24, 2.45) is 0 Å². The van der Waals surface area contributed by atoms with E-state index in [1.807, 2.05) is 4.90 Å². The van der Waals surface area contributed by atoms with Gasteiger partial charge in [-0.1, -0.05) is 6.07 Å². The monoisotopic (exact) mass is 317 g/mol. The van der Waals surface area contributed by atoms with Crippen LogP contribution in [0, 0.1) is 0 Å². The van der Waals surface area contributed by atoms with Crippen molar-refractivity contribution < 1.29 is 9.59 Å². The van der Waals surface area contributed by atoms with Crippen molar-refractivity contribution in [2.45, 2.75) is 12.5 Å². The van der Waals surface area contributed by atoms with Gasteiger partial charge in [0.05, 0.1) is 6.54 Å². The third-order valence-corrected chi connectivity index (χ3v) is 4.48. The molecule has 0 bridgehead atoms. The number of hydrogen-bond donors (Lipinski definition) is 2. The van der Waals surface area contributed by atoms with Crippen molar-refractivity contribution in [3.63, 3.8) is 0 Å². The number of hydrogen-bond acceptors (Lipinski definition) is 5. The summed E-state index contributed by atoms with van der Waals surface area (Å²) >= 11 is 0. The number of nitrogens with zero attached hydrogens (tertiary/aromatic N) is 3. The molecule has 3 heterocycles. The molecular formula is C16H23N5O2. The quantitative estimate of drug-likeness (QED) is 0.769. The first-order chi connectivity index (χ1) is 11.2. The third-order valence-electron chi connectivity index (χ3n) is 4.48. The van der Waals surface area contributed by atoms with Crippen molar-refractivity contribution >= 4 is 11.8 Å². The molecule has 23 heavy (non-hydrogen) atoms. The molecule has 0 spiro atoms. The Bertz CT molecular complexity index is 545. The Labute approximate surface area is 136 Å². The minimum absolute atomic E-state index is 0.0214. The molecule has 2 amide bonds. The Balaban J connectivity index is 1.45. The first kappa shape index (κ1) is 15.9. The van der Waals surface area contributed by atoms with Gasteiger partial charge in [0.25, 0.3) is 5.91 Å². The Morgan fingerprint density at radius 2 is 2.09 bits per heavy atom. The molecule has 7 nitrogen and oxygen atoms in total. The van der Waals surface area contributed by atoms with E-state index < -0.39 is 0 Å². The molecule has 1 unspecified atom stereocenters. The summed E-state index contributed by atoms with van der Waals surface area (Å²) in [5, 5.41) is 6.00. The Morgan fingerprint density at radius 3 is 2.83 bits per heavy atom. The fourth-order valence-corrected chi connectivity index (χ4v) is 3.17. The molecule has 1 atom stereocenters. The maximum Gasteiger partial charge on any atom is 0.270 e. The van der Waals surface area contributed by atoms with Crippen molar-refractivity contribution in [2.75, 3.05) is 45.8 Å². The average Bonchev–Trinajstić information content (AvgIpc) is 3.11. The second-order valence-electron chi connectivity index (χ2n) is 5.97. The minimum Gasteiger partial charge on any atom is -0.342 e. The molecule has 0 saturated carbocycles. The van der Waals surface area contributed by atoms with Crippen LogP contribution in [0.2, 0.25) is 0 Å². The highest BCUT2D eigenvalue weighted by Crippen LogP contribution is 2.16. The van der Waals surface area contributed by atoms with E-state index in [4.69, 9.17) is 0 Å². The number of rotatable bonds is 4. The lowest BCUT2D eigenvalue weighted by Crippen LogP contribution is -2.49. The lowest BCUT2D eigenvalue weighted by Gasteiger charge is -2.32. The molecule has 2 fully saturated rings. The fraction of sp³-hybridized carbons (Fsp3) is 0.562. The van der Waals surface area contributed by atoms with Gasteiger partial charge in [0, 0.05) is 51.5 Å². The Morgan fingerprint density at radius 1 is 1.26 bits per heavy atom. The predicted octanol–water partition coefficient (Wildman–Crippen LogP) is -0.682. The number of carbonyl (C=O) groups excluding carboxylic acids is 2. The van der Waals surface area contributed by atoms with Crippen molar-refractivity contribution in [3.05, 3.63) is 30.1 Å². The second kappa shape index (κ2) is 7.52. The predicted molar refractivity (Wildman–Crippen MR) is 86.0 cm³/mol. The SMILES string of the molecule is O=C(NCC(=O)N1CCC(N2CCNCC2)C1)c1ccccn1. The lowest BCUT2D eigenvalue weighted by atomic mass is 10.2. The molecule has 7 heteroatoms. The van der Waals surface area contributed by atoms with Gasteiger partial charge in [0.2, 0.25) is 5.91 Å². The number of pyridine rings is 1. The lowest BCUT2D eigenvalue weighted by molar-refractivity contribution is -0.129. The van der Waals surface area contributed by atoms with E-state index >= 15 is 0 Å². The first-order valence-corrected chi connectivity index (χ1v) is 8.16. The standard InChI is InChI=1S/C16H23N5O2/c22-15(11-19-16(23)14-3-1-2-5-18-14)21-8-4-13(12-21)20-9-6-17-7-10-20/h1-3,5,13,17H,4,6-12H2,(H,19,23). The summed E-state index contributed by atoms with van der Waals surface area (Å²) in [4.78, 5) is 32.5. The number of piperazine rings is 1. The summed E-state index contributed by atoms with van der Waals surface area (Å²) in [5.41, 5.74) is 0.334. The summed E-state index contributed by atoms with van der Waals surface area (Å²) in [5.74, 6) is -0.330. The zero-order chi connectivity index (χ0) is 16.1. The van der Waals surface area contributed by atoms with Gasteiger partial charge < -0.3 is 15.5 Å². The van der Waals surface area contributed by atoms with Crippen molar-refractivity contribution in [1.29, 1.82) is 0 Å². The molecule has 0 aromatic carbocycles. The second-order valence-corrected chi connectivity index (χ2v) is 5.97. The first-order valence-electron chi connectivity index (χ1n) is 8.16. The van der Waals surface area contributed by atoms with Gasteiger partial charge in [-0.2, -0.15) is 0 Å². The maximum absolute atomic E-state index is 12.3. The number of likely N-dealkylation sites (tertiary alicyclic amines) is 1. The van der Waals surface area contributed by atoms with Crippen LogP contribution in [0.25, 0.3) is 0 Å². The summed E-state index contributed by atoms with van der Waals surface area (Å²) < 4.78 is 0. The molecule has 124 valence electrons. The number of carbonyl (C=O) groups is 2. The van der Waals surface area contributed by atoms with Crippen LogP contribution in [0.4, 0.5) is 0 Å². The third kappa shape index (κ3) is 4.05. The minimum atomic E-state index is -0.309. The van der Waals surface area contributed by atoms with E-state index in [2.05, 4.69) is 20.5 Å². The highest BCUT2D eigenvalue weighted by molar-refractivity contribution is 5.94. The molecule has 1 aromatic rings. The van der Waals surface area contributed by atoms with Gasteiger partial charge in [-0.15, -0.1) is 0 Å². The van der Waals surface area contributed by atoms with Crippen molar-refractivity contribution in [3.8, 4) is 0 Å². The van der Waals surface area contributed by atoms with E-state index in [0.29, 0.717) is 11.7 Å². The van der Waals surface area contributed by atoms with Crippen LogP contribution in [0.1, 0.15) is 16.9 Å². The Kier molecular flexibility index (Phi) is 5.19. The summed E-state index contributed by atoms with van der Waals surface area (Å²) in [7, 11) is 0. The molecule has 2 aliphatic heterocycles. The highest BCUT2D eigenvalue weighted by atomic mass is 16.2. The number of amides is 2. The molecular weight excluding hydrogens is 294 g/mol. The molecule has 3 rings (SSSR count). The number of nitrogens with one attached hydrogen (secondary N) is 2.